The molecule has 94 valence electrons. The number of imidazole rings is 1. The number of carbonyl (C=O) groups is 1. The van der Waals surface area contributed by atoms with Crippen LogP contribution in [0.15, 0.2) is 11.1 Å². The molecule has 1 heterocycles. The first-order chi connectivity index (χ1) is 8.01. The molecule has 0 saturated heterocycles. The molecule has 0 saturated carbocycles. The Morgan fingerprint density at radius 1 is 1.59 bits per heavy atom. The number of allylic oxidation sites excluding steroid dienone is 1. The van der Waals surface area contributed by atoms with Gasteiger partial charge in [-0.3, -0.25) is 0 Å². The lowest BCUT2D eigenvalue weighted by atomic mass is 10.4. The Morgan fingerprint density at radius 2 is 2.24 bits per heavy atom. The first-order valence-corrected chi connectivity index (χ1v) is 6.15. The summed E-state index contributed by atoms with van der Waals surface area (Å²) in [6.07, 6.45) is 0.684. The van der Waals surface area contributed by atoms with Crippen LogP contribution in [0.4, 0.5) is 5.82 Å². The van der Waals surface area contributed by atoms with Gasteiger partial charge in [0.1, 0.15) is 11.6 Å². The third kappa shape index (κ3) is 3.09. The standard InChI is InChI=1S/C11H16BrN3O2/c1-4-8-14-9(11(16)17-5-2)10(13)15(8)6-7(3)12/h3-6,13H2,1-2H3. The summed E-state index contributed by atoms with van der Waals surface area (Å²) in [5.41, 5.74) is 6.08. The Kier molecular flexibility index (Phi) is 4.74. The molecule has 0 amide bonds. The molecule has 0 atom stereocenters. The van der Waals surface area contributed by atoms with Crippen LogP contribution in [0.5, 0.6) is 0 Å². The second-order valence-electron chi connectivity index (χ2n) is 3.44. The summed E-state index contributed by atoms with van der Waals surface area (Å²) in [7, 11) is 0. The molecule has 17 heavy (non-hydrogen) atoms. The number of hydrogen-bond acceptors (Lipinski definition) is 4. The van der Waals surface area contributed by atoms with Crippen molar-refractivity contribution in [2.75, 3.05) is 12.3 Å². The number of nitrogen functional groups attached to an aromatic ring is 1. The van der Waals surface area contributed by atoms with Crippen LogP contribution < -0.4 is 5.73 Å². The van der Waals surface area contributed by atoms with Crippen molar-refractivity contribution in [2.24, 2.45) is 0 Å². The van der Waals surface area contributed by atoms with Crippen molar-refractivity contribution in [3.63, 3.8) is 0 Å². The Bertz CT molecular complexity index is 440. The minimum absolute atomic E-state index is 0.178. The number of nitrogens with zero attached hydrogens (tertiary/aromatic N) is 2. The van der Waals surface area contributed by atoms with E-state index in [0.29, 0.717) is 25.4 Å². The number of nitrogens with two attached hydrogens (primary N) is 1. The zero-order valence-electron chi connectivity index (χ0n) is 9.99. The summed E-state index contributed by atoms with van der Waals surface area (Å²) < 4.78 is 7.42. The molecule has 0 aliphatic carbocycles. The molecule has 5 nitrogen and oxygen atoms in total. The minimum atomic E-state index is -0.487. The van der Waals surface area contributed by atoms with E-state index in [1.807, 2.05) is 6.92 Å². The lowest BCUT2D eigenvalue weighted by Crippen LogP contribution is -2.10. The van der Waals surface area contributed by atoms with Gasteiger partial charge in [-0.05, 0) is 6.92 Å². The molecule has 0 aliphatic heterocycles. The van der Waals surface area contributed by atoms with E-state index in [-0.39, 0.29) is 5.69 Å². The molecule has 0 radical (unpaired) electrons. The Labute approximate surface area is 109 Å². The summed E-state index contributed by atoms with van der Waals surface area (Å²) in [5, 5.41) is 0. The zero-order valence-corrected chi connectivity index (χ0v) is 11.6. The van der Waals surface area contributed by atoms with Crippen molar-refractivity contribution in [1.82, 2.24) is 9.55 Å². The largest absolute Gasteiger partial charge is 0.461 e. The van der Waals surface area contributed by atoms with Gasteiger partial charge in [0.25, 0.3) is 0 Å². The van der Waals surface area contributed by atoms with Crippen LogP contribution in [0, 0.1) is 0 Å². The maximum atomic E-state index is 11.6. The van der Waals surface area contributed by atoms with E-state index >= 15 is 0 Å². The second-order valence-corrected chi connectivity index (χ2v) is 4.56. The van der Waals surface area contributed by atoms with Gasteiger partial charge in [-0.15, -0.1) is 0 Å². The average Bonchev–Trinajstić information content (AvgIpc) is 2.56. The summed E-state index contributed by atoms with van der Waals surface area (Å²) in [4.78, 5) is 15.8. The quantitative estimate of drug-likeness (QED) is 0.846. The van der Waals surface area contributed by atoms with E-state index < -0.39 is 5.97 Å². The van der Waals surface area contributed by atoms with Gasteiger partial charge < -0.3 is 15.0 Å². The maximum absolute atomic E-state index is 11.6. The number of rotatable bonds is 5. The van der Waals surface area contributed by atoms with Crippen LogP contribution in [-0.4, -0.2) is 22.1 Å². The first-order valence-electron chi connectivity index (χ1n) is 5.36. The predicted molar refractivity (Wildman–Crippen MR) is 70.0 cm³/mol. The highest BCUT2D eigenvalue weighted by atomic mass is 79.9. The number of hydrogen-bond donors (Lipinski definition) is 1. The van der Waals surface area contributed by atoms with Crippen LogP contribution in [0.2, 0.25) is 0 Å². The number of aryl methyl sites for hydroxylation is 1. The molecule has 0 unspecified atom stereocenters. The number of esters is 1. The normalized spacial score (nSPS) is 10.3. The Morgan fingerprint density at radius 3 is 2.71 bits per heavy atom. The van der Waals surface area contributed by atoms with Crippen molar-refractivity contribution in [3.05, 3.63) is 22.6 Å². The molecule has 0 aliphatic rings. The zero-order chi connectivity index (χ0) is 13.0. The molecule has 1 aromatic heterocycles. The second kappa shape index (κ2) is 5.86. The van der Waals surface area contributed by atoms with Gasteiger partial charge in [0.15, 0.2) is 5.69 Å². The smallest absolute Gasteiger partial charge is 0.360 e. The van der Waals surface area contributed by atoms with Crippen LogP contribution >= 0.6 is 15.9 Å². The molecule has 0 fully saturated rings. The van der Waals surface area contributed by atoms with E-state index in [2.05, 4.69) is 27.5 Å². The summed E-state index contributed by atoms with van der Waals surface area (Å²) in [5.74, 6) is 0.575. The molecule has 0 bridgehead atoms. The van der Waals surface area contributed by atoms with E-state index in [9.17, 15) is 4.79 Å². The Balaban J connectivity index is 3.13. The van der Waals surface area contributed by atoms with E-state index in [1.165, 1.54) is 0 Å². The number of carbonyl (C=O) groups excluding carboxylic acids is 1. The highest BCUT2D eigenvalue weighted by molar-refractivity contribution is 9.11. The highest BCUT2D eigenvalue weighted by Crippen LogP contribution is 2.19. The monoisotopic (exact) mass is 301 g/mol. The number of anilines is 1. The molecule has 2 N–H and O–H groups in total. The molecule has 1 rings (SSSR count). The summed E-state index contributed by atoms with van der Waals surface area (Å²) >= 11 is 3.27. The molecular weight excluding hydrogens is 286 g/mol. The van der Waals surface area contributed by atoms with Gasteiger partial charge in [0, 0.05) is 10.9 Å². The van der Waals surface area contributed by atoms with Crippen LogP contribution in [0.3, 0.4) is 0 Å². The third-order valence-corrected chi connectivity index (χ3v) is 2.45. The van der Waals surface area contributed by atoms with E-state index in [0.717, 1.165) is 10.3 Å². The van der Waals surface area contributed by atoms with Gasteiger partial charge in [0.05, 0.1) is 13.2 Å². The fraction of sp³-hybridized carbons (Fsp3) is 0.455. The third-order valence-electron chi connectivity index (χ3n) is 2.20. The highest BCUT2D eigenvalue weighted by Gasteiger charge is 2.20. The number of aromatic nitrogens is 2. The van der Waals surface area contributed by atoms with Crippen molar-refractivity contribution in [3.8, 4) is 0 Å². The lowest BCUT2D eigenvalue weighted by molar-refractivity contribution is 0.0521. The maximum Gasteiger partial charge on any atom is 0.360 e. The van der Waals surface area contributed by atoms with Gasteiger partial charge in [-0.25, -0.2) is 9.78 Å². The van der Waals surface area contributed by atoms with Gasteiger partial charge in [-0.2, -0.15) is 0 Å². The minimum Gasteiger partial charge on any atom is -0.461 e. The fourth-order valence-electron chi connectivity index (χ4n) is 1.48. The van der Waals surface area contributed by atoms with E-state index in [4.69, 9.17) is 10.5 Å². The van der Waals surface area contributed by atoms with Crippen molar-refractivity contribution in [1.29, 1.82) is 0 Å². The van der Waals surface area contributed by atoms with E-state index in [1.54, 1.807) is 11.5 Å². The van der Waals surface area contributed by atoms with Gasteiger partial charge >= 0.3 is 5.97 Å². The van der Waals surface area contributed by atoms with Crippen molar-refractivity contribution < 1.29 is 9.53 Å². The number of ether oxygens (including phenoxy) is 1. The van der Waals surface area contributed by atoms with Crippen molar-refractivity contribution >= 4 is 27.7 Å². The summed E-state index contributed by atoms with van der Waals surface area (Å²) in [6, 6.07) is 0. The average molecular weight is 302 g/mol. The van der Waals surface area contributed by atoms with Gasteiger partial charge in [0.2, 0.25) is 0 Å². The summed E-state index contributed by atoms with van der Waals surface area (Å²) in [6.45, 7) is 8.24. The number of halogens is 1. The Hall–Kier alpha value is -1.30. The molecule has 6 heteroatoms. The van der Waals surface area contributed by atoms with Crippen molar-refractivity contribution in [2.45, 2.75) is 26.8 Å². The molecular formula is C11H16BrN3O2. The van der Waals surface area contributed by atoms with Crippen LogP contribution in [-0.2, 0) is 17.7 Å². The van der Waals surface area contributed by atoms with Crippen LogP contribution in [0.25, 0.3) is 0 Å². The topological polar surface area (TPSA) is 70.1 Å². The van der Waals surface area contributed by atoms with Gasteiger partial charge in [-0.1, -0.05) is 29.4 Å². The van der Waals surface area contributed by atoms with Crippen LogP contribution in [0.1, 0.15) is 30.2 Å². The predicted octanol–water partition coefficient (Wildman–Crippen LogP) is 2.11. The SMILES string of the molecule is C=C(Br)Cn1c(CC)nc(C(=O)OCC)c1N. The molecule has 0 aromatic carbocycles. The first kappa shape index (κ1) is 13.8. The lowest BCUT2D eigenvalue weighted by Gasteiger charge is -2.07. The molecule has 0 spiro atoms. The molecule has 1 aromatic rings. The fourth-order valence-corrected chi connectivity index (χ4v) is 1.73.